The molecule has 0 spiro atoms. The molecule has 16 heavy (non-hydrogen) atoms. The normalized spacial score (nSPS) is 43.5. The summed E-state index contributed by atoms with van der Waals surface area (Å²) in [4.78, 5) is 11.9. The quantitative estimate of drug-likeness (QED) is 0.611. The summed E-state index contributed by atoms with van der Waals surface area (Å²) in [6.07, 6.45) is 7.28. The molecule has 0 N–H and O–H groups in total. The molecule has 90 valence electrons. The third kappa shape index (κ3) is 1.65. The van der Waals surface area contributed by atoms with Gasteiger partial charge in [-0.1, -0.05) is 32.4 Å². The summed E-state index contributed by atoms with van der Waals surface area (Å²) in [5.41, 5.74) is 1.53. The maximum absolute atomic E-state index is 11.9. The summed E-state index contributed by atoms with van der Waals surface area (Å²) < 4.78 is 0. The molecule has 1 nitrogen and oxygen atoms in total. The minimum Gasteiger partial charge on any atom is -0.299 e. The van der Waals surface area contributed by atoms with Gasteiger partial charge in [0.25, 0.3) is 0 Å². The Morgan fingerprint density at radius 1 is 1.44 bits per heavy atom. The second-order valence-electron chi connectivity index (χ2n) is 6.14. The number of carbonyl (C=O) groups excluding carboxylic acids is 1. The first kappa shape index (κ1) is 11.9. The van der Waals surface area contributed by atoms with E-state index in [-0.39, 0.29) is 5.41 Å². The number of hydrogen-bond acceptors (Lipinski definition) is 1. The average Bonchev–Trinajstić information content (AvgIpc) is 2.23. The highest BCUT2D eigenvalue weighted by Crippen LogP contribution is 2.51. The van der Waals surface area contributed by atoms with Gasteiger partial charge in [-0.2, -0.15) is 0 Å². The largest absolute Gasteiger partial charge is 0.299 e. The van der Waals surface area contributed by atoms with Crippen LogP contribution in [0.1, 0.15) is 53.4 Å². The Morgan fingerprint density at radius 2 is 2.12 bits per heavy atom. The van der Waals surface area contributed by atoms with Crippen LogP contribution in [-0.4, -0.2) is 5.78 Å². The standard InChI is InChI=1S/C15H24O/c1-10-6-5-7-13-8-9-15(4,12(3)16)11(2)14(10)13/h8,10-11,14H,5-7,9H2,1-4H3/t10-,11-,14-,15-/m1/s1. The summed E-state index contributed by atoms with van der Waals surface area (Å²) in [6, 6.07) is 0. The molecule has 2 aliphatic carbocycles. The molecular formula is C15H24O. The van der Waals surface area contributed by atoms with Crippen molar-refractivity contribution in [2.75, 3.05) is 0 Å². The Bertz CT molecular complexity index is 328. The molecule has 1 saturated carbocycles. The zero-order valence-electron chi connectivity index (χ0n) is 11.0. The summed E-state index contributed by atoms with van der Waals surface area (Å²) in [5, 5.41) is 0. The van der Waals surface area contributed by atoms with E-state index in [1.807, 2.05) is 0 Å². The fourth-order valence-corrected chi connectivity index (χ4v) is 3.78. The van der Waals surface area contributed by atoms with E-state index in [4.69, 9.17) is 0 Å². The topological polar surface area (TPSA) is 17.1 Å². The first-order chi connectivity index (χ1) is 7.47. The lowest BCUT2D eigenvalue weighted by molar-refractivity contribution is -0.130. The van der Waals surface area contributed by atoms with Crippen LogP contribution in [0, 0.1) is 23.2 Å². The van der Waals surface area contributed by atoms with Crippen molar-refractivity contribution in [2.24, 2.45) is 23.2 Å². The molecule has 1 fully saturated rings. The Kier molecular flexibility index (Phi) is 2.98. The van der Waals surface area contributed by atoms with E-state index in [0.717, 1.165) is 12.3 Å². The van der Waals surface area contributed by atoms with Gasteiger partial charge in [-0.25, -0.2) is 0 Å². The van der Waals surface area contributed by atoms with Gasteiger partial charge in [-0.3, -0.25) is 4.79 Å². The Labute approximate surface area is 99.3 Å². The minimum atomic E-state index is -0.111. The van der Waals surface area contributed by atoms with Gasteiger partial charge in [0.05, 0.1) is 0 Å². The van der Waals surface area contributed by atoms with Crippen molar-refractivity contribution in [3.8, 4) is 0 Å². The molecule has 0 bridgehead atoms. The van der Waals surface area contributed by atoms with Crippen molar-refractivity contribution < 1.29 is 4.79 Å². The molecule has 0 unspecified atom stereocenters. The fourth-order valence-electron chi connectivity index (χ4n) is 3.78. The average molecular weight is 220 g/mol. The third-order valence-corrected chi connectivity index (χ3v) is 5.30. The Morgan fingerprint density at radius 3 is 2.75 bits per heavy atom. The molecule has 0 aromatic rings. The molecule has 0 aromatic heterocycles. The molecule has 2 aliphatic rings. The smallest absolute Gasteiger partial charge is 0.136 e. The minimum absolute atomic E-state index is 0.111. The van der Waals surface area contributed by atoms with Crippen molar-refractivity contribution in [2.45, 2.75) is 53.4 Å². The number of allylic oxidation sites excluding steroid dienone is 2. The van der Waals surface area contributed by atoms with Crippen molar-refractivity contribution in [3.05, 3.63) is 11.6 Å². The van der Waals surface area contributed by atoms with E-state index in [1.54, 1.807) is 12.5 Å². The van der Waals surface area contributed by atoms with Gasteiger partial charge in [0.2, 0.25) is 0 Å². The van der Waals surface area contributed by atoms with E-state index >= 15 is 0 Å². The molecule has 4 atom stereocenters. The molecule has 0 aromatic carbocycles. The molecule has 0 amide bonds. The van der Waals surface area contributed by atoms with Gasteiger partial charge in [0, 0.05) is 5.41 Å². The van der Waals surface area contributed by atoms with Gasteiger partial charge < -0.3 is 0 Å². The van der Waals surface area contributed by atoms with Gasteiger partial charge in [-0.15, -0.1) is 0 Å². The third-order valence-electron chi connectivity index (χ3n) is 5.30. The number of ketones is 1. The van der Waals surface area contributed by atoms with Crippen molar-refractivity contribution in [1.29, 1.82) is 0 Å². The lowest BCUT2D eigenvalue weighted by Crippen LogP contribution is -2.43. The van der Waals surface area contributed by atoms with E-state index in [2.05, 4.69) is 26.8 Å². The highest BCUT2D eigenvalue weighted by atomic mass is 16.1. The zero-order valence-corrected chi connectivity index (χ0v) is 11.0. The van der Waals surface area contributed by atoms with Crippen LogP contribution in [0.3, 0.4) is 0 Å². The summed E-state index contributed by atoms with van der Waals surface area (Å²) in [5.74, 6) is 2.30. The maximum Gasteiger partial charge on any atom is 0.136 e. The Hall–Kier alpha value is -0.590. The lowest BCUT2D eigenvalue weighted by Gasteiger charge is -2.47. The van der Waals surface area contributed by atoms with Crippen molar-refractivity contribution in [1.82, 2.24) is 0 Å². The van der Waals surface area contributed by atoms with Crippen molar-refractivity contribution in [3.63, 3.8) is 0 Å². The molecule has 0 saturated heterocycles. The number of fused-ring (bicyclic) bond motifs is 1. The zero-order chi connectivity index (χ0) is 11.9. The van der Waals surface area contributed by atoms with Crippen LogP contribution in [0.25, 0.3) is 0 Å². The van der Waals surface area contributed by atoms with Crippen molar-refractivity contribution >= 4 is 5.78 Å². The van der Waals surface area contributed by atoms with E-state index in [9.17, 15) is 4.79 Å². The van der Waals surface area contributed by atoms with Crippen LogP contribution in [0.15, 0.2) is 11.6 Å². The molecule has 2 rings (SSSR count). The fraction of sp³-hybridized carbons (Fsp3) is 0.800. The van der Waals surface area contributed by atoms with Crippen LogP contribution >= 0.6 is 0 Å². The van der Waals surface area contributed by atoms with Gasteiger partial charge in [-0.05, 0) is 50.4 Å². The highest BCUT2D eigenvalue weighted by Gasteiger charge is 2.45. The second-order valence-corrected chi connectivity index (χ2v) is 6.14. The highest BCUT2D eigenvalue weighted by molar-refractivity contribution is 5.82. The predicted octanol–water partition coefficient (Wildman–Crippen LogP) is 3.98. The Balaban J connectivity index is 2.34. The van der Waals surface area contributed by atoms with E-state index in [1.165, 1.54) is 19.3 Å². The molecule has 0 radical (unpaired) electrons. The molecular weight excluding hydrogens is 196 g/mol. The summed E-state index contributed by atoms with van der Waals surface area (Å²) in [7, 11) is 0. The molecule has 0 aliphatic heterocycles. The SMILES string of the molecule is CC(=O)[C@]1(C)CC=C2CCC[C@@H](C)[C@@H]2[C@H]1C. The maximum atomic E-state index is 11.9. The number of rotatable bonds is 1. The van der Waals surface area contributed by atoms with Crippen LogP contribution in [-0.2, 0) is 4.79 Å². The first-order valence-electron chi connectivity index (χ1n) is 6.67. The number of Topliss-reactive ketones (excluding diaryl/α,β-unsaturated/α-hetero) is 1. The monoisotopic (exact) mass is 220 g/mol. The van der Waals surface area contributed by atoms with Crippen LogP contribution in [0.5, 0.6) is 0 Å². The second kappa shape index (κ2) is 4.01. The van der Waals surface area contributed by atoms with Gasteiger partial charge in [0.1, 0.15) is 5.78 Å². The van der Waals surface area contributed by atoms with Crippen LogP contribution in [0.2, 0.25) is 0 Å². The molecule has 0 heterocycles. The predicted molar refractivity (Wildman–Crippen MR) is 67.2 cm³/mol. The number of carbonyl (C=O) groups is 1. The van der Waals surface area contributed by atoms with Gasteiger partial charge in [0.15, 0.2) is 0 Å². The lowest BCUT2D eigenvalue weighted by atomic mass is 9.56. The first-order valence-corrected chi connectivity index (χ1v) is 6.67. The van der Waals surface area contributed by atoms with Crippen LogP contribution in [0.4, 0.5) is 0 Å². The van der Waals surface area contributed by atoms with Crippen LogP contribution < -0.4 is 0 Å². The summed E-state index contributed by atoms with van der Waals surface area (Å²) in [6.45, 7) is 8.58. The van der Waals surface area contributed by atoms with Gasteiger partial charge >= 0.3 is 0 Å². The van der Waals surface area contributed by atoms with E-state index < -0.39 is 0 Å². The molecule has 1 heteroatoms. The van der Waals surface area contributed by atoms with E-state index in [0.29, 0.717) is 17.6 Å². The number of hydrogen-bond donors (Lipinski definition) is 0. The summed E-state index contributed by atoms with van der Waals surface area (Å²) >= 11 is 0.